The number of hydrogen-bond acceptors (Lipinski definition) is 5. The Morgan fingerprint density at radius 3 is 2.88 bits per heavy atom. The highest BCUT2D eigenvalue weighted by Crippen LogP contribution is 2.56. The van der Waals surface area contributed by atoms with E-state index in [1.54, 1.807) is 13.3 Å². The molecule has 2 atom stereocenters. The molecule has 6 nitrogen and oxygen atoms in total. The number of fused-ring (bicyclic) bond motifs is 1. The van der Waals surface area contributed by atoms with Crippen molar-refractivity contribution in [1.29, 1.82) is 0 Å². The van der Waals surface area contributed by atoms with E-state index in [9.17, 15) is 5.11 Å². The number of rotatable bonds is 4. The number of aromatic nitrogens is 2. The monoisotopic (exact) mass is 340 g/mol. The zero-order chi connectivity index (χ0) is 17.0. The predicted molar refractivity (Wildman–Crippen MR) is 96.6 cm³/mol. The lowest BCUT2D eigenvalue weighted by Crippen LogP contribution is -2.59. The highest BCUT2D eigenvalue weighted by molar-refractivity contribution is 6.00. The van der Waals surface area contributed by atoms with Crippen molar-refractivity contribution in [1.82, 2.24) is 9.97 Å². The average molecular weight is 340 g/mol. The molecule has 4 fully saturated rings. The lowest BCUT2D eigenvalue weighted by Gasteiger charge is -2.58. The Bertz CT molecular complexity index is 814. The topological polar surface area (TPSA) is 82.5 Å². The van der Waals surface area contributed by atoms with Gasteiger partial charge in [0.25, 0.3) is 0 Å². The molecule has 0 radical (unpaired) electrons. The fraction of sp³-hybridized carbons (Fsp3) is 0.579. The lowest BCUT2D eigenvalue weighted by atomic mass is 9.52. The molecule has 4 aliphatic rings. The van der Waals surface area contributed by atoms with Crippen molar-refractivity contribution in [3.05, 3.63) is 24.0 Å². The molecule has 2 heterocycles. The van der Waals surface area contributed by atoms with Crippen LogP contribution in [-0.2, 0) is 4.84 Å². The lowest BCUT2D eigenvalue weighted by molar-refractivity contribution is -0.129. The molecule has 25 heavy (non-hydrogen) atoms. The van der Waals surface area contributed by atoms with E-state index in [4.69, 9.17) is 4.84 Å². The van der Waals surface area contributed by atoms with Gasteiger partial charge >= 0.3 is 0 Å². The quantitative estimate of drug-likeness (QED) is 0.590. The first-order valence-corrected chi connectivity index (χ1v) is 9.17. The van der Waals surface area contributed by atoms with E-state index in [0.717, 1.165) is 41.5 Å². The maximum Gasteiger partial charge on any atom is 0.139 e. The smallest absolute Gasteiger partial charge is 0.139 e. The van der Waals surface area contributed by atoms with E-state index < -0.39 is 5.60 Å². The second-order valence-electron chi connectivity index (χ2n) is 8.11. The fourth-order valence-electron chi connectivity index (χ4n) is 5.78. The summed E-state index contributed by atoms with van der Waals surface area (Å²) in [6.07, 6.45) is 10.8. The van der Waals surface area contributed by atoms with E-state index in [1.807, 2.05) is 12.4 Å². The molecule has 3 N–H and O–H groups in total. The number of pyridine rings is 1. The Labute approximate surface area is 146 Å². The highest BCUT2D eigenvalue weighted by Gasteiger charge is 2.54. The van der Waals surface area contributed by atoms with Gasteiger partial charge in [-0.2, -0.15) is 0 Å². The summed E-state index contributed by atoms with van der Waals surface area (Å²) in [6, 6.07) is 2.46. The summed E-state index contributed by atoms with van der Waals surface area (Å²) in [5, 5.41) is 19.7. The number of anilines is 1. The van der Waals surface area contributed by atoms with Gasteiger partial charge in [-0.25, -0.2) is 4.98 Å². The van der Waals surface area contributed by atoms with Crippen molar-refractivity contribution in [2.45, 2.75) is 43.7 Å². The maximum absolute atomic E-state index is 10.8. The number of aromatic amines is 1. The van der Waals surface area contributed by atoms with Crippen molar-refractivity contribution in [2.24, 2.45) is 22.9 Å². The minimum Gasteiger partial charge on any atom is -0.399 e. The van der Waals surface area contributed by atoms with Crippen LogP contribution in [0.4, 0.5) is 5.69 Å². The van der Waals surface area contributed by atoms with Crippen LogP contribution in [0.15, 0.2) is 23.6 Å². The van der Waals surface area contributed by atoms with Crippen LogP contribution >= 0.6 is 0 Å². The van der Waals surface area contributed by atoms with Gasteiger partial charge in [-0.1, -0.05) is 5.16 Å². The van der Waals surface area contributed by atoms with Gasteiger partial charge in [-0.3, -0.25) is 0 Å². The van der Waals surface area contributed by atoms with Crippen LogP contribution in [0.2, 0.25) is 0 Å². The Morgan fingerprint density at radius 1 is 1.36 bits per heavy atom. The normalized spacial score (nSPS) is 36.4. The average Bonchev–Trinajstić information content (AvgIpc) is 3.04. The Balaban J connectivity index is 1.51. The molecule has 4 saturated carbocycles. The van der Waals surface area contributed by atoms with Crippen molar-refractivity contribution < 1.29 is 9.94 Å². The summed E-state index contributed by atoms with van der Waals surface area (Å²) >= 11 is 0. The van der Waals surface area contributed by atoms with Crippen LogP contribution in [0.1, 0.15) is 37.7 Å². The van der Waals surface area contributed by atoms with E-state index >= 15 is 0 Å². The minimum absolute atomic E-state index is 0.406. The number of hydrogen-bond donors (Lipinski definition) is 3. The minimum atomic E-state index is -0.406. The zero-order valence-electron chi connectivity index (χ0n) is 14.4. The van der Waals surface area contributed by atoms with Crippen LogP contribution in [0, 0.1) is 17.8 Å². The summed E-state index contributed by atoms with van der Waals surface area (Å²) in [4.78, 5) is 12.5. The molecule has 2 aromatic heterocycles. The van der Waals surface area contributed by atoms with E-state index in [1.165, 1.54) is 12.8 Å². The first kappa shape index (κ1) is 15.2. The molecule has 0 aromatic carbocycles. The van der Waals surface area contributed by atoms with Crippen LogP contribution in [-0.4, -0.2) is 40.0 Å². The van der Waals surface area contributed by atoms with Gasteiger partial charge in [0.15, 0.2) is 0 Å². The Kier molecular flexibility index (Phi) is 3.32. The summed E-state index contributed by atoms with van der Waals surface area (Å²) < 4.78 is 0. The molecule has 0 saturated heterocycles. The number of aliphatic hydroxyl groups is 1. The van der Waals surface area contributed by atoms with Gasteiger partial charge in [0.2, 0.25) is 0 Å². The molecule has 6 heteroatoms. The van der Waals surface area contributed by atoms with E-state index in [2.05, 4.69) is 26.5 Å². The standard InChI is InChI=1S/C19H24N4O2/c1-25-22-10-14-9-21-18-15(2-3-20-18)17(14)23-16-12-4-11-5-13(16)8-19(24,6-11)7-12/h2-3,9-13,16,24H,4-8H2,1H3,(H2,20,21,23). The summed E-state index contributed by atoms with van der Waals surface area (Å²) in [7, 11) is 1.55. The summed E-state index contributed by atoms with van der Waals surface area (Å²) in [5.41, 5.74) is 2.47. The third-order valence-corrected chi connectivity index (χ3v) is 6.46. The van der Waals surface area contributed by atoms with Gasteiger partial charge in [0.1, 0.15) is 12.8 Å². The molecule has 2 unspecified atom stereocenters. The Morgan fingerprint density at radius 2 is 2.16 bits per heavy atom. The second kappa shape index (κ2) is 5.46. The summed E-state index contributed by atoms with van der Waals surface area (Å²) in [6.45, 7) is 0. The molecule has 2 aromatic rings. The van der Waals surface area contributed by atoms with Crippen LogP contribution in [0.3, 0.4) is 0 Å². The van der Waals surface area contributed by atoms with Gasteiger partial charge < -0.3 is 20.2 Å². The molecule has 0 amide bonds. The molecular weight excluding hydrogens is 316 g/mol. The largest absolute Gasteiger partial charge is 0.399 e. The zero-order valence-corrected chi connectivity index (χ0v) is 14.4. The van der Waals surface area contributed by atoms with Crippen molar-refractivity contribution in [3.8, 4) is 0 Å². The molecule has 0 aliphatic heterocycles. The molecule has 6 rings (SSSR count). The van der Waals surface area contributed by atoms with Gasteiger partial charge in [-0.05, 0) is 55.9 Å². The number of oxime groups is 1. The van der Waals surface area contributed by atoms with Crippen LogP contribution < -0.4 is 5.32 Å². The molecular formula is C19H24N4O2. The first-order valence-electron chi connectivity index (χ1n) is 9.17. The van der Waals surface area contributed by atoms with E-state index in [0.29, 0.717) is 23.8 Å². The number of nitrogens with one attached hydrogen (secondary N) is 2. The second-order valence-corrected chi connectivity index (χ2v) is 8.11. The van der Waals surface area contributed by atoms with Gasteiger partial charge in [-0.15, -0.1) is 0 Å². The number of nitrogens with zero attached hydrogens (tertiary/aromatic N) is 2. The highest BCUT2D eigenvalue weighted by atomic mass is 16.6. The predicted octanol–water partition coefficient (Wildman–Crippen LogP) is 2.89. The third-order valence-electron chi connectivity index (χ3n) is 6.46. The summed E-state index contributed by atoms with van der Waals surface area (Å²) in [5.74, 6) is 1.80. The molecule has 132 valence electrons. The maximum atomic E-state index is 10.8. The van der Waals surface area contributed by atoms with Gasteiger partial charge in [0.05, 0.1) is 17.5 Å². The van der Waals surface area contributed by atoms with Crippen LogP contribution in [0.25, 0.3) is 11.0 Å². The molecule has 4 aliphatic carbocycles. The third kappa shape index (κ3) is 2.42. The van der Waals surface area contributed by atoms with Crippen LogP contribution in [0.5, 0.6) is 0 Å². The Hall–Kier alpha value is -2.08. The van der Waals surface area contributed by atoms with Crippen molar-refractivity contribution in [2.75, 3.05) is 12.4 Å². The van der Waals surface area contributed by atoms with Crippen molar-refractivity contribution in [3.63, 3.8) is 0 Å². The first-order chi connectivity index (χ1) is 12.1. The SMILES string of the molecule is CON=Cc1cnc2[nH]ccc2c1NC1C2CC3CC1CC(O)(C3)C2. The van der Waals surface area contributed by atoms with E-state index in [-0.39, 0.29) is 0 Å². The molecule has 4 bridgehead atoms. The number of H-pyrrole nitrogens is 1. The van der Waals surface area contributed by atoms with Crippen molar-refractivity contribution >= 4 is 22.9 Å². The van der Waals surface area contributed by atoms with Gasteiger partial charge in [0, 0.05) is 29.4 Å². The molecule has 0 spiro atoms. The fourth-order valence-corrected chi connectivity index (χ4v) is 5.78.